The Balaban J connectivity index is 1.33. The number of carbonyl (C=O) groups is 1. The van der Waals surface area contributed by atoms with Gasteiger partial charge in [0.2, 0.25) is 5.91 Å². The van der Waals surface area contributed by atoms with Gasteiger partial charge in [-0.2, -0.15) is 5.10 Å². The second kappa shape index (κ2) is 6.71. The Labute approximate surface area is 189 Å². The van der Waals surface area contributed by atoms with Crippen LogP contribution in [0.3, 0.4) is 0 Å². The number of fused-ring (bicyclic) bond motifs is 3. The van der Waals surface area contributed by atoms with Gasteiger partial charge in [0, 0.05) is 28.9 Å². The highest BCUT2D eigenvalue weighted by Crippen LogP contribution is 2.65. The summed E-state index contributed by atoms with van der Waals surface area (Å²) in [6.45, 7) is 1.91. The largest absolute Gasteiger partial charge is 0.497 e. The van der Waals surface area contributed by atoms with Crippen molar-refractivity contribution in [2.75, 3.05) is 17.7 Å². The Morgan fingerprint density at radius 3 is 2.94 bits per heavy atom. The van der Waals surface area contributed by atoms with Crippen LogP contribution in [0.5, 0.6) is 5.75 Å². The van der Waals surface area contributed by atoms with Crippen LogP contribution in [-0.2, 0) is 10.2 Å². The smallest absolute Gasteiger partial charge is 0.235 e. The Kier molecular flexibility index (Phi) is 4.01. The quantitative estimate of drug-likeness (QED) is 0.409. The van der Waals surface area contributed by atoms with Crippen LogP contribution in [0, 0.1) is 6.92 Å². The lowest BCUT2D eigenvalue weighted by atomic mass is 9.91. The summed E-state index contributed by atoms with van der Waals surface area (Å²) >= 11 is 6.28. The number of hydrogen-bond donors (Lipinski definition) is 3. The van der Waals surface area contributed by atoms with Crippen LogP contribution in [0.2, 0.25) is 5.02 Å². The fourth-order valence-electron chi connectivity index (χ4n) is 4.81. The molecule has 0 saturated heterocycles. The van der Waals surface area contributed by atoms with E-state index in [0.717, 1.165) is 51.3 Å². The molecule has 0 radical (unpaired) electrons. The van der Waals surface area contributed by atoms with E-state index in [1.807, 2.05) is 37.3 Å². The molecule has 32 heavy (non-hydrogen) atoms. The van der Waals surface area contributed by atoms with Gasteiger partial charge in [0.25, 0.3) is 0 Å². The second-order valence-electron chi connectivity index (χ2n) is 8.40. The molecule has 7 nitrogen and oxygen atoms in total. The number of halogens is 1. The van der Waals surface area contributed by atoms with Crippen molar-refractivity contribution < 1.29 is 9.53 Å². The first-order valence-corrected chi connectivity index (χ1v) is 10.7. The number of hydrogen-bond acceptors (Lipinski definition) is 5. The van der Waals surface area contributed by atoms with E-state index in [1.54, 1.807) is 13.3 Å². The van der Waals surface area contributed by atoms with Crippen molar-refractivity contribution in [2.24, 2.45) is 0 Å². The van der Waals surface area contributed by atoms with Gasteiger partial charge in [0.15, 0.2) is 5.82 Å². The number of aryl methyl sites for hydroxylation is 1. The summed E-state index contributed by atoms with van der Waals surface area (Å²) < 4.78 is 5.39. The molecule has 1 spiro atoms. The first-order valence-electron chi connectivity index (χ1n) is 10.4. The number of nitrogens with one attached hydrogen (secondary N) is 3. The molecule has 2 aromatic carbocycles. The summed E-state index contributed by atoms with van der Waals surface area (Å²) in [6, 6.07) is 13.8. The molecule has 2 atom stereocenters. The maximum atomic E-state index is 12.9. The van der Waals surface area contributed by atoms with Gasteiger partial charge < -0.3 is 15.4 Å². The van der Waals surface area contributed by atoms with Gasteiger partial charge in [-0.1, -0.05) is 17.7 Å². The van der Waals surface area contributed by atoms with E-state index in [9.17, 15) is 4.79 Å². The number of pyridine rings is 1. The standard InChI is InChI=1S/C24H20ClN5O2/c1-12-7-21(18(25)11-26-12)27-22-15-5-3-13(8-20(15)29-30-22)17-10-24(17)16-9-14(32-2)4-6-19(16)28-23(24)31/h3-9,11,17H,10H2,1-2H3,(H,28,31)(H2,26,27,29,30)/t17-,24+/m0/s1. The molecule has 160 valence electrons. The van der Waals surface area contributed by atoms with Gasteiger partial charge >= 0.3 is 0 Å². The molecule has 3 heterocycles. The van der Waals surface area contributed by atoms with E-state index in [4.69, 9.17) is 16.3 Å². The zero-order chi connectivity index (χ0) is 22.0. The molecule has 8 heteroatoms. The van der Waals surface area contributed by atoms with Gasteiger partial charge in [-0.15, -0.1) is 0 Å². The summed E-state index contributed by atoms with van der Waals surface area (Å²) in [7, 11) is 1.64. The average molecular weight is 446 g/mol. The minimum Gasteiger partial charge on any atom is -0.497 e. The van der Waals surface area contributed by atoms with Gasteiger partial charge in [0.1, 0.15) is 5.75 Å². The first kappa shape index (κ1) is 19.1. The molecule has 0 bridgehead atoms. The van der Waals surface area contributed by atoms with Crippen LogP contribution in [0.15, 0.2) is 48.7 Å². The number of aromatic amines is 1. The average Bonchev–Trinajstić information content (AvgIpc) is 3.35. The summed E-state index contributed by atoms with van der Waals surface area (Å²) in [5, 5.41) is 15.3. The van der Waals surface area contributed by atoms with Crippen molar-refractivity contribution in [3.8, 4) is 5.75 Å². The predicted molar refractivity (Wildman–Crippen MR) is 124 cm³/mol. The molecule has 1 amide bonds. The normalized spacial score (nSPS) is 21.0. The Morgan fingerprint density at radius 1 is 1.22 bits per heavy atom. The van der Waals surface area contributed by atoms with Gasteiger partial charge in [0.05, 0.1) is 28.8 Å². The number of anilines is 3. The number of carbonyl (C=O) groups excluding carboxylic acids is 1. The molecule has 4 aromatic rings. The Bertz CT molecular complexity index is 1420. The topological polar surface area (TPSA) is 91.9 Å². The van der Waals surface area contributed by atoms with Crippen LogP contribution >= 0.6 is 11.6 Å². The molecular weight excluding hydrogens is 426 g/mol. The maximum absolute atomic E-state index is 12.9. The molecule has 3 N–H and O–H groups in total. The first-order chi connectivity index (χ1) is 15.5. The minimum atomic E-state index is -0.527. The number of aromatic nitrogens is 3. The SMILES string of the molecule is COc1ccc2c(c1)[C@@]1(C[C@H]1c1ccc3c(Nc4cc(C)ncc4Cl)n[nH]c3c1)C(=O)N2. The lowest BCUT2D eigenvalue weighted by Gasteiger charge is -2.10. The second-order valence-corrected chi connectivity index (χ2v) is 8.81. The third-order valence-electron chi connectivity index (χ3n) is 6.56. The molecule has 1 aliphatic carbocycles. The fraction of sp³-hybridized carbons (Fsp3) is 0.208. The third kappa shape index (κ3) is 2.71. The highest BCUT2D eigenvalue weighted by molar-refractivity contribution is 6.33. The van der Waals surface area contributed by atoms with E-state index in [-0.39, 0.29) is 11.8 Å². The number of benzene rings is 2. The zero-order valence-electron chi connectivity index (χ0n) is 17.5. The van der Waals surface area contributed by atoms with Crippen LogP contribution < -0.4 is 15.4 Å². The monoisotopic (exact) mass is 445 g/mol. The van der Waals surface area contributed by atoms with Crippen LogP contribution in [0.25, 0.3) is 10.9 Å². The van der Waals surface area contributed by atoms with Crippen molar-refractivity contribution in [3.05, 3.63) is 70.5 Å². The Morgan fingerprint density at radius 2 is 2.09 bits per heavy atom. The molecule has 6 rings (SSSR count). The number of ether oxygens (including phenoxy) is 1. The summed E-state index contributed by atoms with van der Waals surface area (Å²) in [5.74, 6) is 1.62. The molecular formula is C24H20ClN5O2. The van der Waals surface area contributed by atoms with Crippen LogP contribution in [-0.4, -0.2) is 28.2 Å². The number of H-pyrrole nitrogens is 1. The summed E-state index contributed by atoms with van der Waals surface area (Å²) in [5.41, 5.74) is 4.99. The van der Waals surface area contributed by atoms with Crippen molar-refractivity contribution in [3.63, 3.8) is 0 Å². The van der Waals surface area contributed by atoms with Gasteiger partial charge in [-0.3, -0.25) is 14.9 Å². The number of methoxy groups -OCH3 is 1. The van der Waals surface area contributed by atoms with E-state index in [2.05, 4.69) is 37.9 Å². The predicted octanol–water partition coefficient (Wildman–Crippen LogP) is 5.05. The maximum Gasteiger partial charge on any atom is 0.235 e. The molecule has 1 aliphatic heterocycles. The van der Waals surface area contributed by atoms with Crippen molar-refractivity contribution >= 4 is 45.6 Å². The van der Waals surface area contributed by atoms with E-state index < -0.39 is 5.41 Å². The van der Waals surface area contributed by atoms with Gasteiger partial charge in [-0.05, 0) is 60.9 Å². The van der Waals surface area contributed by atoms with Crippen molar-refractivity contribution in [1.82, 2.24) is 15.2 Å². The molecule has 1 saturated carbocycles. The molecule has 2 aromatic heterocycles. The van der Waals surface area contributed by atoms with Gasteiger partial charge in [-0.25, -0.2) is 0 Å². The third-order valence-corrected chi connectivity index (χ3v) is 6.86. The summed E-state index contributed by atoms with van der Waals surface area (Å²) in [4.78, 5) is 17.1. The van der Waals surface area contributed by atoms with Crippen molar-refractivity contribution in [1.29, 1.82) is 0 Å². The highest BCUT2D eigenvalue weighted by Gasteiger charge is 2.65. The number of amides is 1. The van der Waals surface area contributed by atoms with Crippen LogP contribution in [0.1, 0.15) is 29.2 Å². The van der Waals surface area contributed by atoms with Crippen LogP contribution in [0.4, 0.5) is 17.2 Å². The van der Waals surface area contributed by atoms with Crippen molar-refractivity contribution in [2.45, 2.75) is 24.7 Å². The minimum absolute atomic E-state index is 0.0560. The fourth-order valence-corrected chi connectivity index (χ4v) is 4.96. The molecule has 1 fully saturated rings. The number of rotatable bonds is 4. The van der Waals surface area contributed by atoms with E-state index >= 15 is 0 Å². The van der Waals surface area contributed by atoms with E-state index in [0.29, 0.717) is 10.8 Å². The summed E-state index contributed by atoms with van der Waals surface area (Å²) in [6.07, 6.45) is 2.40. The lowest BCUT2D eigenvalue weighted by Crippen LogP contribution is -2.21. The number of nitrogens with zero attached hydrogens (tertiary/aromatic N) is 2. The Hall–Kier alpha value is -3.58. The van der Waals surface area contributed by atoms with E-state index in [1.165, 1.54) is 0 Å². The molecule has 0 unspecified atom stereocenters. The highest BCUT2D eigenvalue weighted by atomic mass is 35.5. The zero-order valence-corrected chi connectivity index (χ0v) is 18.2. The lowest BCUT2D eigenvalue weighted by molar-refractivity contribution is -0.118. The molecule has 2 aliphatic rings.